The maximum absolute atomic E-state index is 2.47. The molecule has 0 saturated heterocycles. The van der Waals surface area contributed by atoms with E-state index in [1.807, 2.05) is 0 Å². The van der Waals surface area contributed by atoms with Crippen LogP contribution in [0.5, 0.6) is 0 Å². The van der Waals surface area contributed by atoms with E-state index >= 15 is 0 Å². The van der Waals surface area contributed by atoms with Crippen molar-refractivity contribution in [2.75, 3.05) is 4.90 Å². The molecule has 9 aromatic carbocycles. The topological polar surface area (TPSA) is 8.17 Å². The van der Waals surface area contributed by atoms with Gasteiger partial charge in [-0.05, 0) is 116 Å². The lowest BCUT2D eigenvalue weighted by molar-refractivity contribution is 0.793. The minimum atomic E-state index is -0.423. The third-order valence-corrected chi connectivity index (χ3v) is 12.6. The van der Waals surface area contributed by atoms with Gasteiger partial charge in [0.25, 0.3) is 0 Å². The number of fused-ring (bicyclic) bond motifs is 13. The normalized spacial score (nSPS) is 13.2. The molecule has 0 N–H and O–H groups in total. The third kappa shape index (κ3) is 5.00. The molecule has 2 aliphatic carbocycles. The molecule has 12 rings (SSSR count). The van der Waals surface area contributed by atoms with Gasteiger partial charge in [0.05, 0.1) is 16.4 Å². The van der Waals surface area contributed by atoms with Crippen LogP contribution in [0.1, 0.15) is 33.4 Å². The Balaban J connectivity index is 1.04. The summed E-state index contributed by atoms with van der Waals surface area (Å²) in [7, 11) is 0. The zero-order valence-electron chi connectivity index (χ0n) is 32.3. The highest BCUT2D eigenvalue weighted by Crippen LogP contribution is 2.63. The Hall–Kier alpha value is -7.68. The largest absolute Gasteiger partial charge is 0.310 e. The molecule has 0 atom stereocenters. The summed E-state index contributed by atoms with van der Waals surface area (Å²) in [6.45, 7) is 0. The van der Waals surface area contributed by atoms with E-state index in [-0.39, 0.29) is 0 Å². The van der Waals surface area contributed by atoms with Gasteiger partial charge in [-0.15, -0.1) is 0 Å². The van der Waals surface area contributed by atoms with Crippen molar-refractivity contribution in [3.63, 3.8) is 0 Å². The van der Waals surface area contributed by atoms with Crippen LogP contribution >= 0.6 is 0 Å². The molecule has 1 heterocycles. The molecular formula is C57H38N2. The molecule has 0 aliphatic heterocycles. The first kappa shape index (κ1) is 33.5. The molecule has 0 amide bonds. The highest BCUT2D eigenvalue weighted by molar-refractivity contribution is 6.09. The van der Waals surface area contributed by atoms with Gasteiger partial charge in [-0.1, -0.05) is 170 Å². The van der Waals surface area contributed by atoms with Crippen molar-refractivity contribution in [3.8, 4) is 27.9 Å². The predicted octanol–water partition coefficient (Wildman–Crippen LogP) is 14.8. The lowest BCUT2D eigenvalue weighted by Gasteiger charge is -2.32. The van der Waals surface area contributed by atoms with Crippen molar-refractivity contribution < 1.29 is 0 Å². The van der Waals surface area contributed by atoms with Gasteiger partial charge in [-0.25, -0.2) is 0 Å². The van der Waals surface area contributed by atoms with E-state index in [0.29, 0.717) is 0 Å². The van der Waals surface area contributed by atoms with Crippen LogP contribution in [0.3, 0.4) is 0 Å². The Labute approximate surface area is 344 Å². The van der Waals surface area contributed by atoms with E-state index < -0.39 is 5.41 Å². The summed E-state index contributed by atoms with van der Waals surface area (Å²) >= 11 is 0. The summed E-state index contributed by atoms with van der Waals surface area (Å²) < 4.78 is 2.39. The molecule has 0 bridgehead atoms. The van der Waals surface area contributed by atoms with E-state index in [2.05, 4.69) is 240 Å². The standard InChI is InChI=1S/C57H38N2/c1-2-14-39(15-3-1)26-27-40-28-30-41(31-29-40)58(42-32-34-43(35-33-42)59-55-24-12-7-19-49(55)50-20-8-13-25-56(50)59)44-36-37-48-47-18-6-11-23-53(47)57(54(48)38-44)51-21-9-4-16-45(51)46-17-5-10-22-52(46)57/h1-38H. The second-order valence-electron chi connectivity index (χ2n) is 15.7. The van der Waals surface area contributed by atoms with Gasteiger partial charge in [-0.2, -0.15) is 0 Å². The Morgan fingerprint density at radius 2 is 0.763 bits per heavy atom. The minimum absolute atomic E-state index is 0.423. The molecule has 10 aromatic rings. The predicted molar refractivity (Wildman–Crippen MR) is 247 cm³/mol. The number of hydrogen-bond acceptors (Lipinski definition) is 1. The van der Waals surface area contributed by atoms with E-state index in [1.165, 1.54) is 71.9 Å². The van der Waals surface area contributed by atoms with E-state index in [0.717, 1.165) is 28.3 Å². The quantitative estimate of drug-likeness (QED) is 0.154. The van der Waals surface area contributed by atoms with Gasteiger partial charge < -0.3 is 9.47 Å². The lowest BCUT2D eigenvalue weighted by Crippen LogP contribution is -2.26. The second kappa shape index (κ2) is 13.2. The third-order valence-electron chi connectivity index (χ3n) is 12.6. The average molecular weight is 751 g/mol. The lowest BCUT2D eigenvalue weighted by atomic mass is 9.70. The number of benzene rings is 9. The first-order chi connectivity index (χ1) is 29.3. The zero-order chi connectivity index (χ0) is 38.9. The number of hydrogen-bond donors (Lipinski definition) is 0. The number of para-hydroxylation sites is 2. The first-order valence-corrected chi connectivity index (χ1v) is 20.4. The summed E-state index contributed by atoms with van der Waals surface area (Å²) in [5.41, 5.74) is 19.4. The molecule has 0 unspecified atom stereocenters. The van der Waals surface area contributed by atoms with Crippen molar-refractivity contribution in [1.82, 2.24) is 4.57 Å². The Morgan fingerprint density at radius 1 is 0.339 bits per heavy atom. The molecule has 2 nitrogen and oxygen atoms in total. The van der Waals surface area contributed by atoms with Gasteiger partial charge in [0.2, 0.25) is 0 Å². The maximum atomic E-state index is 2.47. The fourth-order valence-electron chi connectivity index (χ4n) is 10.1. The van der Waals surface area contributed by atoms with E-state index in [9.17, 15) is 0 Å². The summed E-state index contributed by atoms with van der Waals surface area (Å²) in [6, 6.07) is 80.2. The molecule has 2 heteroatoms. The minimum Gasteiger partial charge on any atom is -0.310 e. The van der Waals surface area contributed by atoms with Crippen molar-refractivity contribution in [2.45, 2.75) is 5.41 Å². The molecule has 1 aromatic heterocycles. The van der Waals surface area contributed by atoms with Gasteiger partial charge >= 0.3 is 0 Å². The number of anilines is 3. The molecule has 2 aliphatic rings. The monoisotopic (exact) mass is 750 g/mol. The summed E-state index contributed by atoms with van der Waals surface area (Å²) in [6.07, 6.45) is 4.37. The number of rotatable bonds is 6. The van der Waals surface area contributed by atoms with Crippen LogP contribution in [0, 0.1) is 0 Å². The molecule has 0 radical (unpaired) electrons. The van der Waals surface area contributed by atoms with E-state index in [4.69, 9.17) is 0 Å². The Kier molecular flexibility index (Phi) is 7.48. The van der Waals surface area contributed by atoms with Crippen LogP contribution in [0.2, 0.25) is 0 Å². The summed E-state index contributed by atoms with van der Waals surface area (Å²) in [5.74, 6) is 0. The van der Waals surface area contributed by atoms with Crippen molar-refractivity contribution in [3.05, 3.63) is 252 Å². The van der Waals surface area contributed by atoms with Crippen LogP contribution in [0.25, 0.3) is 61.9 Å². The molecule has 1 spiro atoms. The van der Waals surface area contributed by atoms with Crippen molar-refractivity contribution in [2.24, 2.45) is 0 Å². The number of nitrogens with zero attached hydrogens (tertiary/aromatic N) is 2. The van der Waals surface area contributed by atoms with Crippen LogP contribution in [0.4, 0.5) is 17.1 Å². The van der Waals surface area contributed by atoms with Gasteiger partial charge in [0.1, 0.15) is 0 Å². The molecule has 276 valence electrons. The molecule has 0 fully saturated rings. The second-order valence-corrected chi connectivity index (χ2v) is 15.7. The molecular weight excluding hydrogens is 713 g/mol. The molecule has 59 heavy (non-hydrogen) atoms. The van der Waals surface area contributed by atoms with Crippen LogP contribution in [-0.2, 0) is 5.41 Å². The average Bonchev–Trinajstić information content (AvgIpc) is 3.91. The smallest absolute Gasteiger partial charge is 0.0726 e. The van der Waals surface area contributed by atoms with Crippen LogP contribution in [0.15, 0.2) is 218 Å². The maximum Gasteiger partial charge on any atom is 0.0726 e. The highest BCUT2D eigenvalue weighted by Gasteiger charge is 2.51. The fraction of sp³-hybridized carbons (Fsp3) is 0.0175. The zero-order valence-corrected chi connectivity index (χ0v) is 32.3. The van der Waals surface area contributed by atoms with Crippen LogP contribution < -0.4 is 4.90 Å². The fourth-order valence-corrected chi connectivity index (χ4v) is 10.1. The Morgan fingerprint density at radius 3 is 1.32 bits per heavy atom. The van der Waals surface area contributed by atoms with Crippen molar-refractivity contribution in [1.29, 1.82) is 0 Å². The van der Waals surface area contributed by atoms with E-state index in [1.54, 1.807) is 0 Å². The SMILES string of the molecule is C(=Cc1ccc(N(c2ccc(-n3c4ccccc4c4ccccc43)cc2)c2ccc3c(c2)C2(c4ccccc4-c4ccccc42)c2ccccc2-3)cc1)c1ccccc1. The first-order valence-electron chi connectivity index (χ1n) is 20.4. The van der Waals surface area contributed by atoms with Gasteiger partial charge in [0.15, 0.2) is 0 Å². The highest BCUT2D eigenvalue weighted by atomic mass is 15.1. The summed E-state index contributed by atoms with van der Waals surface area (Å²) in [4.78, 5) is 2.42. The Bertz CT molecular complexity index is 3140. The van der Waals surface area contributed by atoms with Gasteiger partial charge in [-0.3, -0.25) is 0 Å². The molecule has 0 saturated carbocycles. The number of aromatic nitrogens is 1. The van der Waals surface area contributed by atoms with Crippen molar-refractivity contribution >= 4 is 51.0 Å². The van der Waals surface area contributed by atoms with Crippen LogP contribution in [-0.4, -0.2) is 4.57 Å². The summed E-state index contributed by atoms with van der Waals surface area (Å²) in [5, 5.41) is 2.52. The van der Waals surface area contributed by atoms with Gasteiger partial charge in [0, 0.05) is 33.5 Å².